The summed E-state index contributed by atoms with van der Waals surface area (Å²) >= 11 is 0. The number of carbonyl (C=O) groups excluding carboxylic acids is 1. The predicted octanol–water partition coefficient (Wildman–Crippen LogP) is 3.77. The van der Waals surface area contributed by atoms with Gasteiger partial charge in [-0.3, -0.25) is 0 Å². The summed E-state index contributed by atoms with van der Waals surface area (Å²) in [5.74, 6) is 0. The predicted molar refractivity (Wildman–Crippen MR) is 103 cm³/mol. The lowest BCUT2D eigenvalue weighted by Gasteiger charge is -2.31. The van der Waals surface area contributed by atoms with Crippen LogP contribution in [0.2, 0.25) is 0 Å². The van der Waals surface area contributed by atoms with Crippen molar-refractivity contribution in [3.05, 3.63) is 65.7 Å². The first-order valence-electron chi connectivity index (χ1n) is 8.90. The van der Waals surface area contributed by atoms with Crippen molar-refractivity contribution in [1.29, 1.82) is 0 Å². The molecule has 2 aromatic carbocycles. The van der Waals surface area contributed by atoms with Gasteiger partial charge in [-0.05, 0) is 51.1 Å². The van der Waals surface area contributed by atoms with Crippen molar-refractivity contribution in [3.63, 3.8) is 0 Å². The Morgan fingerprint density at radius 2 is 1.80 bits per heavy atom. The van der Waals surface area contributed by atoms with Gasteiger partial charge in [0.15, 0.2) is 0 Å². The third-order valence-electron chi connectivity index (χ3n) is 5.11. The van der Waals surface area contributed by atoms with E-state index in [1.165, 1.54) is 5.56 Å². The van der Waals surface area contributed by atoms with Crippen molar-refractivity contribution in [2.24, 2.45) is 0 Å². The van der Waals surface area contributed by atoms with E-state index in [0.717, 1.165) is 30.6 Å². The number of hydrogen-bond donors (Lipinski definition) is 1. The van der Waals surface area contributed by atoms with E-state index in [1.807, 2.05) is 42.2 Å². The number of para-hydroxylation sites is 1. The van der Waals surface area contributed by atoms with E-state index in [-0.39, 0.29) is 12.1 Å². The van der Waals surface area contributed by atoms with Crippen molar-refractivity contribution in [1.82, 2.24) is 9.80 Å². The molecule has 2 atom stereocenters. The van der Waals surface area contributed by atoms with Crippen LogP contribution < -0.4 is 5.32 Å². The zero-order chi connectivity index (χ0) is 17.8. The number of nitrogens with zero attached hydrogens (tertiary/aromatic N) is 2. The summed E-state index contributed by atoms with van der Waals surface area (Å²) in [4.78, 5) is 17.2. The van der Waals surface area contributed by atoms with E-state index in [4.69, 9.17) is 0 Å². The van der Waals surface area contributed by atoms with Gasteiger partial charge in [0.25, 0.3) is 0 Å². The third kappa shape index (κ3) is 4.02. The maximum absolute atomic E-state index is 12.9. The van der Waals surface area contributed by atoms with Crippen LogP contribution in [0.5, 0.6) is 0 Å². The molecular weight excluding hydrogens is 310 g/mol. The van der Waals surface area contributed by atoms with E-state index in [9.17, 15) is 4.79 Å². The molecular formula is C21H27N3O. The molecule has 2 aromatic rings. The lowest BCUT2D eigenvalue weighted by Crippen LogP contribution is -2.47. The summed E-state index contributed by atoms with van der Waals surface area (Å²) in [6.45, 7) is 2.81. The number of likely N-dealkylation sites (tertiary alicyclic amines) is 1. The summed E-state index contributed by atoms with van der Waals surface area (Å²) in [6, 6.07) is 18.9. The average molecular weight is 337 g/mol. The van der Waals surface area contributed by atoms with Gasteiger partial charge in [0.2, 0.25) is 0 Å². The second kappa shape index (κ2) is 7.70. The molecule has 0 aliphatic carbocycles. The zero-order valence-corrected chi connectivity index (χ0v) is 15.3. The smallest absolute Gasteiger partial charge is 0.320 e. The van der Waals surface area contributed by atoms with Crippen LogP contribution in [0, 0.1) is 6.92 Å². The molecule has 1 heterocycles. The molecule has 0 spiro atoms. The SMILES string of the molecule is Cc1ccccc1NC(=O)N1CC[C@@H](N(C)C)[C@@H]1Cc1ccccc1. The number of carbonyl (C=O) groups is 1. The number of anilines is 1. The van der Waals surface area contributed by atoms with Gasteiger partial charge < -0.3 is 15.1 Å². The second-order valence-corrected chi connectivity index (χ2v) is 7.02. The number of benzene rings is 2. The maximum atomic E-state index is 12.9. The van der Waals surface area contributed by atoms with Gasteiger partial charge in [-0.15, -0.1) is 0 Å². The molecule has 1 N–H and O–H groups in total. The molecule has 25 heavy (non-hydrogen) atoms. The minimum atomic E-state index is -0.000388. The fraction of sp³-hybridized carbons (Fsp3) is 0.381. The fourth-order valence-corrected chi connectivity index (χ4v) is 3.69. The Hall–Kier alpha value is -2.33. The zero-order valence-electron chi connectivity index (χ0n) is 15.3. The van der Waals surface area contributed by atoms with Crippen LogP contribution in [0.3, 0.4) is 0 Å². The highest BCUT2D eigenvalue weighted by Crippen LogP contribution is 2.26. The molecule has 132 valence electrons. The van der Waals surface area contributed by atoms with E-state index in [0.29, 0.717) is 6.04 Å². The molecule has 4 nitrogen and oxygen atoms in total. The van der Waals surface area contributed by atoms with Gasteiger partial charge in [-0.1, -0.05) is 48.5 Å². The molecule has 0 saturated carbocycles. The van der Waals surface area contributed by atoms with Crippen LogP contribution in [-0.4, -0.2) is 48.6 Å². The number of nitrogens with one attached hydrogen (secondary N) is 1. The first-order chi connectivity index (χ1) is 12.1. The number of rotatable bonds is 4. The highest BCUT2D eigenvalue weighted by Gasteiger charge is 2.38. The first-order valence-corrected chi connectivity index (χ1v) is 8.90. The van der Waals surface area contributed by atoms with E-state index in [2.05, 4.69) is 48.6 Å². The first kappa shape index (κ1) is 17.5. The van der Waals surface area contributed by atoms with Crippen molar-refractivity contribution >= 4 is 11.7 Å². The monoisotopic (exact) mass is 337 g/mol. The Morgan fingerprint density at radius 3 is 2.48 bits per heavy atom. The number of urea groups is 1. The maximum Gasteiger partial charge on any atom is 0.322 e. The van der Waals surface area contributed by atoms with Crippen LogP contribution in [0.15, 0.2) is 54.6 Å². The molecule has 0 aromatic heterocycles. The molecule has 1 aliphatic heterocycles. The van der Waals surface area contributed by atoms with Gasteiger partial charge in [-0.2, -0.15) is 0 Å². The van der Waals surface area contributed by atoms with Crippen molar-refractivity contribution in [3.8, 4) is 0 Å². The highest BCUT2D eigenvalue weighted by molar-refractivity contribution is 5.90. The van der Waals surface area contributed by atoms with Crippen LogP contribution in [0.1, 0.15) is 17.5 Å². The minimum absolute atomic E-state index is 0.000388. The largest absolute Gasteiger partial charge is 0.322 e. The van der Waals surface area contributed by atoms with E-state index < -0.39 is 0 Å². The molecule has 0 bridgehead atoms. The molecule has 4 heteroatoms. The number of hydrogen-bond acceptors (Lipinski definition) is 2. The molecule has 2 amide bonds. The lowest BCUT2D eigenvalue weighted by molar-refractivity contribution is 0.182. The van der Waals surface area contributed by atoms with E-state index in [1.54, 1.807) is 0 Å². The van der Waals surface area contributed by atoms with Crippen molar-refractivity contribution in [2.75, 3.05) is 26.0 Å². The molecule has 1 saturated heterocycles. The Kier molecular flexibility index (Phi) is 5.39. The minimum Gasteiger partial charge on any atom is -0.320 e. The van der Waals surface area contributed by atoms with Gasteiger partial charge in [-0.25, -0.2) is 4.79 Å². The Labute approximate surface area is 150 Å². The molecule has 0 unspecified atom stereocenters. The summed E-state index contributed by atoms with van der Waals surface area (Å²) in [5, 5.41) is 3.10. The van der Waals surface area contributed by atoms with Crippen LogP contribution in [-0.2, 0) is 6.42 Å². The van der Waals surface area contributed by atoms with Gasteiger partial charge in [0.1, 0.15) is 0 Å². The molecule has 0 radical (unpaired) electrons. The number of amides is 2. The van der Waals surface area contributed by atoms with Crippen LogP contribution in [0.4, 0.5) is 10.5 Å². The van der Waals surface area contributed by atoms with Crippen LogP contribution >= 0.6 is 0 Å². The fourth-order valence-electron chi connectivity index (χ4n) is 3.69. The molecule has 3 rings (SSSR count). The van der Waals surface area contributed by atoms with Crippen LogP contribution in [0.25, 0.3) is 0 Å². The Balaban J connectivity index is 1.78. The lowest BCUT2D eigenvalue weighted by atomic mass is 9.99. The standard InChI is InChI=1S/C21H27N3O/c1-16-9-7-8-12-18(16)22-21(25)24-14-13-19(23(2)3)20(24)15-17-10-5-4-6-11-17/h4-12,19-20H,13-15H2,1-3H3,(H,22,25)/t19-,20+/m1/s1. The van der Waals surface area contributed by atoms with Gasteiger partial charge in [0, 0.05) is 18.3 Å². The topological polar surface area (TPSA) is 35.6 Å². The summed E-state index contributed by atoms with van der Waals surface area (Å²) in [7, 11) is 4.21. The summed E-state index contributed by atoms with van der Waals surface area (Å²) < 4.78 is 0. The number of aryl methyl sites for hydroxylation is 1. The van der Waals surface area contributed by atoms with Gasteiger partial charge in [0.05, 0.1) is 6.04 Å². The summed E-state index contributed by atoms with van der Waals surface area (Å²) in [6.07, 6.45) is 1.89. The molecule has 1 aliphatic rings. The third-order valence-corrected chi connectivity index (χ3v) is 5.11. The normalized spacial score (nSPS) is 20.1. The van der Waals surface area contributed by atoms with Gasteiger partial charge >= 0.3 is 6.03 Å². The Morgan fingerprint density at radius 1 is 1.12 bits per heavy atom. The van der Waals surface area contributed by atoms with E-state index >= 15 is 0 Å². The quantitative estimate of drug-likeness (QED) is 0.922. The second-order valence-electron chi connectivity index (χ2n) is 7.02. The average Bonchev–Trinajstić information content (AvgIpc) is 3.02. The summed E-state index contributed by atoms with van der Waals surface area (Å²) in [5.41, 5.74) is 3.24. The Bertz CT molecular complexity index is 714. The highest BCUT2D eigenvalue weighted by atomic mass is 16.2. The van der Waals surface area contributed by atoms with Crippen molar-refractivity contribution in [2.45, 2.75) is 31.8 Å². The van der Waals surface area contributed by atoms with Crippen molar-refractivity contribution < 1.29 is 4.79 Å². The number of likely N-dealkylation sites (N-methyl/N-ethyl adjacent to an activating group) is 1. The molecule has 1 fully saturated rings.